The normalized spacial score (nSPS) is 12.7. The first-order chi connectivity index (χ1) is 12.9. The second-order valence-electron chi connectivity index (χ2n) is 6.18. The number of nitrogens with one attached hydrogen (secondary N) is 2. The molecule has 0 bridgehead atoms. The molecule has 0 aliphatic rings. The highest BCUT2D eigenvalue weighted by Crippen LogP contribution is 2.18. The molecule has 146 valence electrons. The maximum absolute atomic E-state index is 12.5. The van der Waals surface area contributed by atoms with E-state index in [1.807, 2.05) is 37.3 Å². The van der Waals surface area contributed by atoms with Crippen molar-refractivity contribution < 1.29 is 13.2 Å². The second kappa shape index (κ2) is 9.64. The number of carbonyl (C=O) groups is 1. The van der Waals surface area contributed by atoms with Crippen LogP contribution in [-0.4, -0.2) is 38.3 Å². The summed E-state index contributed by atoms with van der Waals surface area (Å²) in [5.74, 6) is -0.183. The van der Waals surface area contributed by atoms with Gasteiger partial charge in [-0.05, 0) is 36.8 Å². The van der Waals surface area contributed by atoms with Crippen molar-refractivity contribution in [2.24, 2.45) is 0 Å². The number of hydrogen-bond donors (Lipinski definition) is 2. The van der Waals surface area contributed by atoms with Gasteiger partial charge in [0, 0.05) is 24.8 Å². The highest BCUT2D eigenvalue weighted by molar-refractivity contribution is 7.89. The Kier molecular flexibility index (Phi) is 7.53. The summed E-state index contributed by atoms with van der Waals surface area (Å²) in [4.78, 5) is 12.4. The quantitative estimate of drug-likeness (QED) is 0.691. The molecule has 2 aromatic carbocycles. The van der Waals surface area contributed by atoms with Gasteiger partial charge in [0.25, 0.3) is 0 Å². The predicted octanol–water partition coefficient (Wildman–Crippen LogP) is 3.01. The first-order valence-electron chi connectivity index (χ1n) is 9.06. The Morgan fingerprint density at radius 1 is 1.00 bits per heavy atom. The van der Waals surface area contributed by atoms with Crippen molar-refractivity contribution >= 4 is 21.6 Å². The van der Waals surface area contributed by atoms with E-state index < -0.39 is 10.0 Å². The number of sulfonamides is 1. The van der Waals surface area contributed by atoms with Gasteiger partial charge in [-0.25, -0.2) is 8.42 Å². The van der Waals surface area contributed by atoms with Crippen LogP contribution in [0.5, 0.6) is 0 Å². The van der Waals surface area contributed by atoms with Crippen LogP contribution in [0.2, 0.25) is 0 Å². The topological polar surface area (TPSA) is 78.5 Å². The second-order valence-corrected chi connectivity index (χ2v) is 8.11. The third-order valence-corrected chi connectivity index (χ3v) is 6.41. The van der Waals surface area contributed by atoms with Crippen LogP contribution in [0.15, 0.2) is 59.5 Å². The van der Waals surface area contributed by atoms with Crippen LogP contribution in [0.4, 0.5) is 5.69 Å². The first kappa shape index (κ1) is 21.1. The van der Waals surface area contributed by atoms with E-state index in [0.717, 1.165) is 5.56 Å². The number of hydrogen-bond acceptors (Lipinski definition) is 4. The van der Waals surface area contributed by atoms with E-state index in [0.29, 0.717) is 18.8 Å². The van der Waals surface area contributed by atoms with Crippen LogP contribution in [0.1, 0.15) is 32.4 Å². The van der Waals surface area contributed by atoms with E-state index in [-0.39, 0.29) is 23.4 Å². The van der Waals surface area contributed by atoms with Crippen molar-refractivity contribution in [1.82, 2.24) is 9.62 Å². The van der Waals surface area contributed by atoms with Gasteiger partial charge in [0.2, 0.25) is 15.9 Å². The van der Waals surface area contributed by atoms with E-state index in [1.165, 1.54) is 16.4 Å². The highest BCUT2D eigenvalue weighted by atomic mass is 32.2. The van der Waals surface area contributed by atoms with Gasteiger partial charge in [-0.3, -0.25) is 4.79 Å². The highest BCUT2D eigenvalue weighted by Gasteiger charge is 2.21. The molecule has 0 aliphatic carbocycles. The van der Waals surface area contributed by atoms with Gasteiger partial charge < -0.3 is 10.6 Å². The summed E-state index contributed by atoms with van der Waals surface area (Å²) >= 11 is 0. The standard InChI is InChI=1S/C20H27N3O3S/c1-4-23(5-2)27(25,26)19-13-11-18(12-14-19)22-20(24)15-21-16(3)17-9-7-6-8-10-17/h6-14,16,21H,4-5,15H2,1-3H3,(H,22,24)/t16-/m0/s1. The molecule has 7 heteroatoms. The van der Waals surface area contributed by atoms with Crippen molar-refractivity contribution in [2.75, 3.05) is 25.0 Å². The number of benzene rings is 2. The fraction of sp³-hybridized carbons (Fsp3) is 0.350. The minimum absolute atomic E-state index is 0.0542. The largest absolute Gasteiger partial charge is 0.325 e. The first-order valence-corrected chi connectivity index (χ1v) is 10.5. The van der Waals surface area contributed by atoms with E-state index in [1.54, 1.807) is 26.0 Å². The molecule has 0 unspecified atom stereocenters. The van der Waals surface area contributed by atoms with Crippen LogP contribution in [0.3, 0.4) is 0 Å². The molecule has 0 saturated carbocycles. The van der Waals surface area contributed by atoms with Gasteiger partial charge in [0.05, 0.1) is 11.4 Å². The number of carbonyl (C=O) groups excluding carboxylic acids is 1. The molecular formula is C20H27N3O3S. The molecule has 6 nitrogen and oxygen atoms in total. The molecule has 2 rings (SSSR count). The monoisotopic (exact) mass is 389 g/mol. The molecule has 2 aromatic rings. The fourth-order valence-electron chi connectivity index (χ4n) is 2.73. The maximum atomic E-state index is 12.5. The molecule has 1 atom stereocenters. The molecule has 27 heavy (non-hydrogen) atoms. The smallest absolute Gasteiger partial charge is 0.243 e. The summed E-state index contributed by atoms with van der Waals surface area (Å²) in [5, 5.41) is 5.94. The minimum atomic E-state index is -3.49. The van der Waals surface area contributed by atoms with Crippen molar-refractivity contribution in [1.29, 1.82) is 0 Å². The van der Waals surface area contributed by atoms with E-state index in [4.69, 9.17) is 0 Å². The lowest BCUT2D eigenvalue weighted by molar-refractivity contribution is -0.115. The summed E-state index contributed by atoms with van der Waals surface area (Å²) in [7, 11) is -3.49. The van der Waals surface area contributed by atoms with Gasteiger partial charge in [-0.1, -0.05) is 44.2 Å². The van der Waals surface area contributed by atoms with E-state index >= 15 is 0 Å². The molecule has 0 fully saturated rings. The van der Waals surface area contributed by atoms with Crippen molar-refractivity contribution in [2.45, 2.75) is 31.7 Å². The number of nitrogens with zero attached hydrogens (tertiary/aromatic N) is 1. The summed E-state index contributed by atoms with van der Waals surface area (Å²) in [6, 6.07) is 16.2. The SMILES string of the molecule is CCN(CC)S(=O)(=O)c1ccc(NC(=O)CN[C@@H](C)c2ccccc2)cc1. The Balaban J connectivity index is 1.93. The molecule has 2 N–H and O–H groups in total. The van der Waals surface area contributed by atoms with Crippen molar-refractivity contribution in [3.05, 3.63) is 60.2 Å². The third kappa shape index (κ3) is 5.63. The molecule has 0 spiro atoms. The van der Waals surface area contributed by atoms with Gasteiger partial charge in [-0.15, -0.1) is 0 Å². The van der Waals surface area contributed by atoms with Crippen LogP contribution in [0, 0.1) is 0 Å². The Hall–Kier alpha value is -2.22. The number of anilines is 1. The average molecular weight is 390 g/mol. The molecular weight excluding hydrogens is 362 g/mol. The molecule has 0 aromatic heterocycles. The van der Waals surface area contributed by atoms with Crippen LogP contribution < -0.4 is 10.6 Å². The van der Waals surface area contributed by atoms with E-state index in [9.17, 15) is 13.2 Å². The maximum Gasteiger partial charge on any atom is 0.243 e. The molecule has 0 aliphatic heterocycles. The minimum Gasteiger partial charge on any atom is -0.325 e. The van der Waals surface area contributed by atoms with Crippen LogP contribution in [0.25, 0.3) is 0 Å². The zero-order chi connectivity index (χ0) is 19.9. The van der Waals surface area contributed by atoms with Crippen molar-refractivity contribution in [3.63, 3.8) is 0 Å². The van der Waals surface area contributed by atoms with Crippen molar-refractivity contribution in [3.8, 4) is 0 Å². The zero-order valence-electron chi connectivity index (χ0n) is 16.0. The summed E-state index contributed by atoms with van der Waals surface area (Å²) < 4.78 is 26.3. The Morgan fingerprint density at radius 2 is 1.59 bits per heavy atom. The lowest BCUT2D eigenvalue weighted by atomic mass is 10.1. The Bertz CT molecular complexity index is 833. The Labute approximate surface area is 161 Å². The molecule has 1 amide bonds. The van der Waals surface area contributed by atoms with Crippen LogP contribution in [-0.2, 0) is 14.8 Å². The van der Waals surface area contributed by atoms with Gasteiger partial charge in [0.1, 0.15) is 0 Å². The molecule has 0 radical (unpaired) electrons. The lowest BCUT2D eigenvalue weighted by Crippen LogP contribution is -2.31. The predicted molar refractivity (Wildman–Crippen MR) is 108 cm³/mol. The number of amides is 1. The fourth-order valence-corrected chi connectivity index (χ4v) is 4.19. The summed E-state index contributed by atoms with van der Waals surface area (Å²) in [5.41, 5.74) is 1.67. The third-order valence-electron chi connectivity index (χ3n) is 4.35. The molecule has 0 saturated heterocycles. The number of rotatable bonds is 9. The van der Waals surface area contributed by atoms with Gasteiger partial charge in [0.15, 0.2) is 0 Å². The average Bonchev–Trinajstić information content (AvgIpc) is 2.68. The Morgan fingerprint density at radius 3 is 2.15 bits per heavy atom. The molecule has 0 heterocycles. The summed E-state index contributed by atoms with van der Waals surface area (Å²) in [6.07, 6.45) is 0. The zero-order valence-corrected chi connectivity index (χ0v) is 16.8. The van der Waals surface area contributed by atoms with E-state index in [2.05, 4.69) is 10.6 Å². The van der Waals surface area contributed by atoms with Gasteiger partial charge >= 0.3 is 0 Å². The lowest BCUT2D eigenvalue weighted by Gasteiger charge is -2.18. The summed E-state index contributed by atoms with van der Waals surface area (Å²) in [6.45, 7) is 6.61. The van der Waals surface area contributed by atoms with Gasteiger partial charge in [-0.2, -0.15) is 4.31 Å². The van der Waals surface area contributed by atoms with Crippen LogP contribution >= 0.6 is 0 Å².